The summed E-state index contributed by atoms with van der Waals surface area (Å²) < 4.78 is 5.75. The van der Waals surface area contributed by atoms with E-state index < -0.39 is 0 Å². The SMILES string of the molecule is CC(=O)c1ccc(OCC2(C)CCCC2)cn1. The molecule has 0 radical (unpaired) electrons. The van der Waals surface area contributed by atoms with Crippen LogP contribution in [0.2, 0.25) is 0 Å². The third-order valence-electron chi connectivity index (χ3n) is 3.50. The smallest absolute Gasteiger partial charge is 0.178 e. The highest BCUT2D eigenvalue weighted by Crippen LogP contribution is 2.37. The molecule has 0 saturated heterocycles. The van der Waals surface area contributed by atoms with Crippen molar-refractivity contribution in [3.8, 4) is 5.75 Å². The Morgan fingerprint density at radius 2 is 2.12 bits per heavy atom. The van der Waals surface area contributed by atoms with Crippen molar-refractivity contribution < 1.29 is 9.53 Å². The maximum absolute atomic E-state index is 11.1. The number of Topliss-reactive ketones (excluding diaryl/α,β-unsaturated/α-hetero) is 1. The van der Waals surface area contributed by atoms with Gasteiger partial charge in [-0.1, -0.05) is 19.8 Å². The Labute approximate surface area is 102 Å². The lowest BCUT2D eigenvalue weighted by Crippen LogP contribution is -2.21. The lowest BCUT2D eigenvalue weighted by Gasteiger charge is -2.23. The van der Waals surface area contributed by atoms with Gasteiger partial charge >= 0.3 is 0 Å². The van der Waals surface area contributed by atoms with E-state index in [1.54, 1.807) is 12.3 Å². The van der Waals surface area contributed by atoms with Crippen LogP contribution in [-0.2, 0) is 0 Å². The van der Waals surface area contributed by atoms with Gasteiger partial charge < -0.3 is 4.74 Å². The Hall–Kier alpha value is -1.38. The zero-order valence-electron chi connectivity index (χ0n) is 10.5. The average Bonchev–Trinajstić information content (AvgIpc) is 2.75. The molecule has 1 aromatic rings. The van der Waals surface area contributed by atoms with Crippen LogP contribution in [0.15, 0.2) is 18.3 Å². The van der Waals surface area contributed by atoms with Crippen LogP contribution in [0, 0.1) is 5.41 Å². The Balaban J connectivity index is 1.93. The first-order valence-electron chi connectivity index (χ1n) is 6.19. The molecule has 92 valence electrons. The highest BCUT2D eigenvalue weighted by Gasteiger charge is 2.29. The van der Waals surface area contributed by atoms with Gasteiger partial charge in [0.25, 0.3) is 0 Å². The van der Waals surface area contributed by atoms with Crippen molar-refractivity contribution in [1.29, 1.82) is 0 Å². The van der Waals surface area contributed by atoms with E-state index in [9.17, 15) is 4.79 Å². The standard InChI is InChI=1S/C14H19NO2/c1-11(16)13-6-5-12(9-15-13)17-10-14(2)7-3-4-8-14/h5-6,9H,3-4,7-8,10H2,1-2H3. The predicted octanol–water partition coefficient (Wildman–Crippen LogP) is 3.24. The molecular formula is C14H19NO2. The van der Waals surface area contributed by atoms with Crippen molar-refractivity contribution in [1.82, 2.24) is 4.98 Å². The zero-order valence-corrected chi connectivity index (χ0v) is 10.5. The van der Waals surface area contributed by atoms with Gasteiger partial charge in [-0.2, -0.15) is 0 Å². The molecule has 0 aliphatic heterocycles. The van der Waals surface area contributed by atoms with E-state index in [0.29, 0.717) is 11.1 Å². The van der Waals surface area contributed by atoms with E-state index >= 15 is 0 Å². The Bertz CT molecular complexity index is 391. The second-order valence-electron chi connectivity index (χ2n) is 5.24. The summed E-state index contributed by atoms with van der Waals surface area (Å²) >= 11 is 0. The van der Waals surface area contributed by atoms with Gasteiger partial charge in [0, 0.05) is 12.3 Å². The molecular weight excluding hydrogens is 214 g/mol. The quantitative estimate of drug-likeness (QED) is 0.749. The molecule has 1 heterocycles. The summed E-state index contributed by atoms with van der Waals surface area (Å²) in [5.41, 5.74) is 0.809. The minimum absolute atomic E-state index is 0.0145. The van der Waals surface area contributed by atoms with Crippen molar-refractivity contribution in [3.05, 3.63) is 24.0 Å². The Kier molecular flexibility index (Phi) is 3.46. The second-order valence-corrected chi connectivity index (χ2v) is 5.24. The van der Waals surface area contributed by atoms with Crippen LogP contribution in [0.5, 0.6) is 5.75 Å². The van der Waals surface area contributed by atoms with Crippen LogP contribution in [0.3, 0.4) is 0 Å². The Morgan fingerprint density at radius 3 is 2.65 bits per heavy atom. The van der Waals surface area contributed by atoms with Crippen molar-refractivity contribution >= 4 is 5.78 Å². The van der Waals surface area contributed by atoms with Crippen molar-refractivity contribution in [3.63, 3.8) is 0 Å². The van der Waals surface area contributed by atoms with Crippen LogP contribution >= 0.6 is 0 Å². The summed E-state index contributed by atoms with van der Waals surface area (Å²) in [7, 11) is 0. The van der Waals surface area contributed by atoms with E-state index in [1.165, 1.54) is 32.6 Å². The van der Waals surface area contributed by atoms with E-state index in [-0.39, 0.29) is 5.78 Å². The summed E-state index contributed by atoms with van der Waals surface area (Å²) in [6, 6.07) is 3.54. The fraction of sp³-hybridized carbons (Fsp3) is 0.571. The lowest BCUT2D eigenvalue weighted by molar-refractivity contribution is 0.101. The number of aromatic nitrogens is 1. The maximum Gasteiger partial charge on any atom is 0.178 e. The maximum atomic E-state index is 11.1. The third-order valence-corrected chi connectivity index (χ3v) is 3.50. The molecule has 0 atom stereocenters. The monoisotopic (exact) mass is 233 g/mol. The van der Waals surface area contributed by atoms with Crippen LogP contribution in [0.4, 0.5) is 0 Å². The fourth-order valence-corrected chi connectivity index (χ4v) is 2.30. The van der Waals surface area contributed by atoms with Gasteiger partial charge in [0.15, 0.2) is 5.78 Å². The normalized spacial score (nSPS) is 18.0. The highest BCUT2D eigenvalue weighted by molar-refractivity contribution is 5.92. The van der Waals surface area contributed by atoms with Crippen molar-refractivity contribution in [2.75, 3.05) is 6.61 Å². The first-order chi connectivity index (χ1) is 8.09. The average molecular weight is 233 g/mol. The summed E-state index contributed by atoms with van der Waals surface area (Å²) in [5, 5.41) is 0. The molecule has 0 spiro atoms. The van der Waals surface area contributed by atoms with Crippen molar-refractivity contribution in [2.45, 2.75) is 39.5 Å². The number of pyridine rings is 1. The van der Waals surface area contributed by atoms with Crippen molar-refractivity contribution in [2.24, 2.45) is 5.41 Å². The predicted molar refractivity (Wildman–Crippen MR) is 66.3 cm³/mol. The molecule has 0 unspecified atom stereocenters. The zero-order chi connectivity index (χ0) is 12.3. The number of rotatable bonds is 4. The highest BCUT2D eigenvalue weighted by atomic mass is 16.5. The van der Waals surface area contributed by atoms with Gasteiger partial charge in [-0.25, -0.2) is 4.98 Å². The van der Waals surface area contributed by atoms with Gasteiger partial charge in [-0.3, -0.25) is 4.79 Å². The summed E-state index contributed by atoms with van der Waals surface area (Å²) in [4.78, 5) is 15.1. The van der Waals surface area contributed by atoms with Crippen LogP contribution in [0.25, 0.3) is 0 Å². The topological polar surface area (TPSA) is 39.2 Å². The minimum atomic E-state index is -0.0145. The van der Waals surface area contributed by atoms with Gasteiger partial charge in [0.2, 0.25) is 0 Å². The number of carbonyl (C=O) groups is 1. The Morgan fingerprint density at radius 1 is 1.41 bits per heavy atom. The fourth-order valence-electron chi connectivity index (χ4n) is 2.30. The molecule has 0 amide bonds. The van der Waals surface area contributed by atoms with Gasteiger partial charge in [0.1, 0.15) is 11.4 Å². The molecule has 17 heavy (non-hydrogen) atoms. The summed E-state index contributed by atoms with van der Waals surface area (Å²) in [6.07, 6.45) is 6.73. The van der Waals surface area contributed by atoms with E-state index in [0.717, 1.165) is 12.4 Å². The molecule has 1 fully saturated rings. The molecule has 3 nitrogen and oxygen atoms in total. The van der Waals surface area contributed by atoms with Crippen LogP contribution in [-0.4, -0.2) is 17.4 Å². The van der Waals surface area contributed by atoms with E-state index in [1.807, 2.05) is 6.07 Å². The molecule has 3 heteroatoms. The number of carbonyl (C=O) groups excluding carboxylic acids is 1. The molecule has 1 saturated carbocycles. The first-order valence-corrected chi connectivity index (χ1v) is 6.19. The molecule has 1 aliphatic carbocycles. The minimum Gasteiger partial charge on any atom is -0.491 e. The molecule has 1 aliphatic rings. The second kappa shape index (κ2) is 4.86. The number of ketones is 1. The number of nitrogens with zero attached hydrogens (tertiary/aromatic N) is 1. The molecule has 1 aromatic heterocycles. The summed E-state index contributed by atoms with van der Waals surface area (Å²) in [6.45, 7) is 4.54. The van der Waals surface area contributed by atoms with Gasteiger partial charge in [-0.05, 0) is 25.0 Å². The molecule has 0 aromatic carbocycles. The molecule has 0 bridgehead atoms. The van der Waals surface area contributed by atoms with E-state index in [2.05, 4.69) is 11.9 Å². The third kappa shape index (κ3) is 3.05. The van der Waals surface area contributed by atoms with E-state index in [4.69, 9.17) is 4.74 Å². The van der Waals surface area contributed by atoms with Gasteiger partial charge in [-0.15, -0.1) is 0 Å². The molecule has 0 N–H and O–H groups in total. The number of hydrogen-bond donors (Lipinski definition) is 0. The largest absolute Gasteiger partial charge is 0.491 e. The van der Waals surface area contributed by atoms with Crippen LogP contribution < -0.4 is 4.74 Å². The van der Waals surface area contributed by atoms with Gasteiger partial charge in [0.05, 0.1) is 12.8 Å². The number of ether oxygens (including phenoxy) is 1. The first kappa shape index (κ1) is 12.1. The molecule has 2 rings (SSSR count). The van der Waals surface area contributed by atoms with Crippen LogP contribution in [0.1, 0.15) is 50.0 Å². The lowest BCUT2D eigenvalue weighted by atomic mass is 9.90. The number of hydrogen-bond acceptors (Lipinski definition) is 3. The summed E-state index contributed by atoms with van der Waals surface area (Å²) in [5.74, 6) is 0.738.